The second-order valence-corrected chi connectivity index (χ2v) is 11.0. The van der Waals surface area contributed by atoms with Crippen LogP contribution in [0.4, 0.5) is 5.69 Å². The molecule has 4 rings (SSSR count). The maximum absolute atomic E-state index is 13.0. The van der Waals surface area contributed by atoms with Gasteiger partial charge in [-0.15, -0.1) is 0 Å². The van der Waals surface area contributed by atoms with Crippen molar-refractivity contribution in [3.05, 3.63) is 40.4 Å². The van der Waals surface area contributed by atoms with E-state index >= 15 is 0 Å². The van der Waals surface area contributed by atoms with Crippen LogP contribution in [0, 0.1) is 10.1 Å². The maximum atomic E-state index is 13.0. The van der Waals surface area contributed by atoms with Crippen LogP contribution in [0.3, 0.4) is 0 Å². The first-order valence-electron chi connectivity index (χ1n) is 16.4. The third kappa shape index (κ3) is 7.40. The molecule has 45 heavy (non-hydrogen) atoms. The fourth-order valence-corrected chi connectivity index (χ4v) is 5.24. The Hall–Kier alpha value is -4.14. The first-order chi connectivity index (χ1) is 21.9. The highest BCUT2D eigenvalue weighted by Gasteiger charge is 2.30. The number of ether oxygens (including phenoxy) is 6. The van der Waals surface area contributed by atoms with E-state index in [1.165, 1.54) is 0 Å². The third-order valence-electron chi connectivity index (χ3n) is 7.18. The Balaban J connectivity index is 2.25. The van der Waals surface area contributed by atoms with Crippen molar-refractivity contribution < 1.29 is 33.3 Å². The molecule has 0 fully saturated rings. The van der Waals surface area contributed by atoms with Gasteiger partial charge in [0, 0.05) is 10.8 Å². The standard InChI is InChI=1S/C36H47NO8/c1-7-13-40-29-19-24-25-20-31(42-15-9-3)32(43-16-10-4)22-27(25)34-28(26(24)21-30(29)41-14-8-2)23-33(44-17-11-5)36(45-18-12-6)35(34)37(38)39/h19-23H,7-18H2,1-6H3. The fourth-order valence-electron chi connectivity index (χ4n) is 5.24. The minimum atomic E-state index is -0.362. The molecule has 0 atom stereocenters. The highest BCUT2D eigenvalue weighted by atomic mass is 16.6. The zero-order valence-corrected chi connectivity index (χ0v) is 27.6. The molecular weight excluding hydrogens is 574 g/mol. The average molecular weight is 622 g/mol. The maximum Gasteiger partial charge on any atom is 0.323 e. The van der Waals surface area contributed by atoms with E-state index in [-0.39, 0.29) is 16.4 Å². The number of rotatable bonds is 19. The summed E-state index contributed by atoms with van der Waals surface area (Å²) in [6.07, 6.45) is 4.70. The second kappa shape index (κ2) is 16.3. The largest absolute Gasteiger partial charge is 0.490 e. The Bertz CT molecular complexity index is 1560. The van der Waals surface area contributed by atoms with E-state index in [1.54, 1.807) is 0 Å². The summed E-state index contributed by atoms with van der Waals surface area (Å²) in [5, 5.41) is 17.2. The van der Waals surface area contributed by atoms with Crippen molar-refractivity contribution in [2.75, 3.05) is 39.6 Å². The lowest BCUT2D eigenvalue weighted by Crippen LogP contribution is -2.06. The molecule has 9 heteroatoms. The summed E-state index contributed by atoms with van der Waals surface area (Å²) < 4.78 is 36.9. The minimum Gasteiger partial charge on any atom is -0.490 e. The van der Waals surface area contributed by atoms with E-state index < -0.39 is 0 Å². The van der Waals surface area contributed by atoms with Gasteiger partial charge in [-0.05, 0) is 85.0 Å². The lowest BCUT2D eigenvalue weighted by Gasteiger charge is -2.20. The molecule has 0 aliphatic rings. The van der Waals surface area contributed by atoms with E-state index in [0.717, 1.165) is 48.3 Å². The van der Waals surface area contributed by atoms with Crippen molar-refractivity contribution >= 4 is 38.0 Å². The van der Waals surface area contributed by atoms with Crippen LogP contribution in [0.15, 0.2) is 30.3 Å². The lowest BCUT2D eigenvalue weighted by molar-refractivity contribution is -0.384. The second-order valence-electron chi connectivity index (χ2n) is 11.0. The molecule has 0 heterocycles. The van der Waals surface area contributed by atoms with E-state index in [1.807, 2.05) is 65.0 Å². The number of hydrogen-bond donors (Lipinski definition) is 0. The molecule has 4 aromatic rings. The fraction of sp³-hybridized carbons (Fsp3) is 0.500. The van der Waals surface area contributed by atoms with Crippen molar-refractivity contribution in [2.24, 2.45) is 0 Å². The SMILES string of the molecule is CCCOc1cc2c3cc(OCCC)c(OCCC)cc3c3c([N+](=O)[O-])c(OCCC)c(OCCC)cc3c2cc1OCCC. The van der Waals surface area contributed by atoms with Crippen molar-refractivity contribution in [2.45, 2.75) is 80.1 Å². The number of benzene rings is 4. The van der Waals surface area contributed by atoms with Crippen LogP contribution >= 0.6 is 0 Å². The highest BCUT2D eigenvalue weighted by molar-refractivity contribution is 6.29. The van der Waals surface area contributed by atoms with E-state index in [4.69, 9.17) is 28.4 Å². The molecule has 0 aliphatic heterocycles. The van der Waals surface area contributed by atoms with Crippen molar-refractivity contribution in [1.82, 2.24) is 0 Å². The van der Waals surface area contributed by atoms with E-state index in [9.17, 15) is 10.1 Å². The smallest absolute Gasteiger partial charge is 0.323 e. The van der Waals surface area contributed by atoms with Gasteiger partial charge in [0.25, 0.3) is 0 Å². The first-order valence-corrected chi connectivity index (χ1v) is 16.4. The van der Waals surface area contributed by atoms with Crippen LogP contribution in [0.1, 0.15) is 80.1 Å². The molecule has 0 unspecified atom stereocenters. The van der Waals surface area contributed by atoms with Gasteiger partial charge in [0.15, 0.2) is 28.7 Å². The monoisotopic (exact) mass is 621 g/mol. The zero-order valence-electron chi connectivity index (χ0n) is 27.6. The third-order valence-corrected chi connectivity index (χ3v) is 7.18. The van der Waals surface area contributed by atoms with Gasteiger partial charge in [-0.3, -0.25) is 10.1 Å². The van der Waals surface area contributed by atoms with Gasteiger partial charge in [-0.25, -0.2) is 0 Å². The number of nitrogens with zero attached hydrogens (tertiary/aromatic N) is 1. The van der Waals surface area contributed by atoms with Crippen LogP contribution < -0.4 is 28.4 Å². The molecule has 0 radical (unpaired) electrons. The van der Waals surface area contributed by atoms with E-state index in [0.29, 0.717) is 91.0 Å². The van der Waals surface area contributed by atoms with Crippen LogP contribution in [0.25, 0.3) is 32.3 Å². The zero-order chi connectivity index (χ0) is 32.3. The number of nitro groups is 1. The lowest BCUT2D eigenvalue weighted by atomic mass is 9.92. The number of hydrogen-bond acceptors (Lipinski definition) is 8. The first kappa shape index (κ1) is 33.7. The molecule has 0 spiro atoms. The molecule has 0 saturated heterocycles. The Morgan fingerprint density at radius 3 is 1.11 bits per heavy atom. The van der Waals surface area contributed by atoms with Gasteiger partial charge in [0.2, 0.25) is 5.75 Å². The van der Waals surface area contributed by atoms with Crippen molar-refractivity contribution in [3.8, 4) is 34.5 Å². The van der Waals surface area contributed by atoms with Gasteiger partial charge >= 0.3 is 5.69 Å². The Kier molecular flexibility index (Phi) is 12.2. The molecule has 0 N–H and O–H groups in total. The molecule has 0 bridgehead atoms. The minimum absolute atomic E-state index is 0.134. The molecule has 244 valence electrons. The van der Waals surface area contributed by atoms with Gasteiger partial charge in [0.1, 0.15) is 0 Å². The van der Waals surface area contributed by atoms with Gasteiger partial charge < -0.3 is 28.4 Å². The quantitative estimate of drug-likeness (QED) is 0.0580. The van der Waals surface area contributed by atoms with Crippen molar-refractivity contribution in [1.29, 1.82) is 0 Å². The Morgan fingerprint density at radius 2 is 0.756 bits per heavy atom. The van der Waals surface area contributed by atoms with Gasteiger partial charge in [0.05, 0.1) is 50.0 Å². The summed E-state index contributed by atoms with van der Waals surface area (Å²) in [7, 11) is 0. The Labute approximate surface area is 265 Å². The van der Waals surface area contributed by atoms with Crippen molar-refractivity contribution in [3.63, 3.8) is 0 Å². The van der Waals surface area contributed by atoms with Gasteiger partial charge in [-0.1, -0.05) is 41.5 Å². The van der Waals surface area contributed by atoms with Crippen LogP contribution in [0.2, 0.25) is 0 Å². The predicted octanol–water partition coefficient (Wildman–Crippen LogP) is 9.79. The molecule has 0 amide bonds. The van der Waals surface area contributed by atoms with E-state index in [2.05, 4.69) is 6.92 Å². The van der Waals surface area contributed by atoms with Crippen LogP contribution in [-0.4, -0.2) is 44.6 Å². The number of fused-ring (bicyclic) bond motifs is 6. The summed E-state index contributed by atoms with van der Waals surface area (Å²) in [5.41, 5.74) is -0.134. The highest BCUT2D eigenvalue weighted by Crippen LogP contribution is 2.52. The molecule has 0 saturated carbocycles. The summed E-state index contributed by atoms with van der Waals surface area (Å²) in [6.45, 7) is 14.9. The topological polar surface area (TPSA) is 98.5 Å². The summed E-state index contributed by atoms with van der Waals surface area (Å²) in [5.74, 6) is 2.83. The summed E-state index contributed by atoms with van der Waals surface area (Å²) in [4.78, 5) is 12.7. The van der Waals surface area contributed by atoms with Gasteiger partial charge in [-0.2, -0.15) is 0 Å². The average Bonchev–Trinajstić information content (AvgIpc) is 3.05. The van der Waals surface area contributed by atoms with Crippen LogP contribution in [-0.2, 0) is 0 Å². The molecule has 4 aromatic carbocycles. The molecular formula is C36H47NO8. The number of nitro benzene ring substituents is 1. The summed E-state index contributed by atoms with van der Waals surface area (Å²) >= 11 is 0. The Morgan fingerprint density at radius 1 is 0.467 bits per heavy atom. The molecule has 0 aromatic heterocycles. The normalized spacial score (nSPS) is 11.2. The summed E-state index contributed by atoms with van der Waals surface area (Å²) in [6, 6.07) is 9.59. The van der Waals surface area contributed by atoms with Crippen LogP contribution in [0.5, 0.6) is 34.5 Å². The predicted molar refractivity (Wildman–Crippen MR) is 180 cm³/mol. The molecule has 9 nitrogen and oxygen atoms in total. The molecule has 0 aliphatic carbocycles.